The summed E-state index contributed by atoms with van der Waals surface area (Å²) in [6.07, 6.45) is 0.416. The Morgan fingerprint density at radius 1 is 1.17 bits per heavy atom. The number of aromatic nitrogens is 3. The van der Waals surface area contributed by atoms with Crippen LogP contribution in [0, 0.1) is 17.7 Å². The summed E-state index contributed by atoms with van der Waals surface area (Å²) < 4.78 is 69.1. The molecular formula is C17H13F3N4O4S. The first-order valence-corrected chi connectivity index (χ1v) is 9.51. The second-order valence-corrected chi connectivity index (χ2v) is 7.50. The largest absolute Gasteiger partial charge is 0.465 e. The van der Waals surface area contributed by atoms with Gasteiger partial charge in [-0.15, -0.1) is 0 Å². The van der Waals surface area contributed by atoms with E-state index in [-0.39, 0.29) is 18.5 Å². The average Bonchev–Trinajstić information content (AvgIpc) is 2.99. The standard InChI is InChI=1S/C17H13F3N4O4S/c18-12-4-1-5-13(23-12)29(27,28)24-9-10(6-8-22-17(25)26)14(19)15(24)11-3-2-7-21-16(11)20/h1-5,7,9,22H,6,8H2,(H,25,26). The van der Waals surface area contributed by atoms with E-state index in [1.54, 1.807) is 0 Å². The lowest BCUT2D eigenvalue weighted by atomic mass is 10.1. The van der Waals surface area contributed by atoms with Crippen molar-refractivity contribution in [2.75, 3.05) is 6.54 Å². The number of hydrogen-bond acceptors (Lipinski definition) is 5. The SMILES string of the molecule is O=C(O)NCCc1cn(S(=O)(=O)c2cccc(F)n2)c(-c2cccnc2F)c1F. The van der Waals surface area contributed by atoms with Crippen LogP contribution in [0.5, 0.6) is 0 Å². The van der Waals surface area contributed by atoms with E-state index in [0.717, 1.165) is 36.7 Å². The van der Waals surface area contributed by atoms with Crippen molar-refractivity contribution < 1.29 is 31.5 Å². The van der Waals surface area contributed by atoms with Crippen molar-refractivity contribution >= 4 is 16.1 Å². The van der Waals surface area contributed by atoms with Crippen molar-refractivity contribution in [3.05, 3.63) is 66.0 Å². The first-order valence-electron chi connectivity index (χ1n) is 8.07. The summed E-state index contributed by atoms with van der Waals surface area (Å²) in [5, 5.41) is 9.94. The van der Waals surface area contributed by atoms with Crippen molar-refractivity contribution in [1.82, 2.24) is 19.3 Å². The lowest BCUT2D eigenvalue weighted by molar-refractivity contribution is 0.194. The third-order valence-electron chi connectivity index (χ3n) is 3.88. The fraction of sp³-hybridized carbons (Fsp3) is 0.118. The highest BCUT2D eigenvalue weighted by Crippen LogP contribution is 2.31. The van der Waals surface area contributed by atoms with Crippen LogP contribution in [0.25, 0.3) is 11.3 Å². The van der Waals surface area contributed by atoms with E-state index in [0.29, 0.717) is 3.97 Å². The third-order valence-corrected chi connectivity index (χ3v) is 5.44. The lowest BCUT2D eigenvalue weighted by Gasteiger charge is -2.10. The molecule has 0 radical (unpaired) electrons. The molecule has 3 aromatic heterocycles. The van der Waals surface area contributed by atoms with E-state index < -0.39 is 50.1 Å². The predicted molar refractivity (Wildman–Crippen MR) is 94.1 cm³/mol. The zero-order valence-electron chi connectivity index (χ0n) is 14.5. The molecule has 0 saturated heterocycles. The van der Waals surface area contributed by atoms with Gasteiger partial charge in [0, 0.05) is 24.5 Å². The molecular weight excluding hydrogens is 413 g/mol. The highest BCUT2D eigenvalue weighted by Gasteiger charge is 2.29. The molecule has 0 unspecified atom stereocenters. The summed E-state index contributed by atoms with van der Waals surface area (Å²) in [7, 11) is -4.61. The minimum Gasteiger partial charge on any atom is -0.465 e. The second kappa shape index (κ2) is 7.91. The van der Waals surface area contributed by atoms with Gasteiger partial charge >= 0.3 is 6.09 Å². The van der Waals surface area contributed by atoms with Gasteiger partial charge in [-0.2, -0.15) is 17.2 Å². The first kappa shape index (κ1) is 20.3. The molecule has 0 aromatic carbocycles. The number of nitrogens with one attached hydrogen (secondary N) is 1. The Kier molecular flexibility index (Phi) is 5.55. The Bertz CT molecular complexity index is 1180. The van der Waals surface area contributed by atoms with E-state index in [4.69, 9.17) is 5.11 Å². The minimum atomic E-state index is -4.61. The maximum atomic E-state index is 15.1. The number of halogens is 3. The highest BCUT2D eigenvalue weighted by atomic mass is 32.2. The van der Waals surface area contributed by atoms with Crippen LogP contribution in [-0.4, -0.2) is 40.1 Å². The molecule has 0 aliphatic carbocycles. The Morgan fingerprint density at radius 2 is 1.93 bits per heavy atom. The topological polar surface area (TPSA) is 114 Å². The molecule has 0 bridgehead atoms. The predicted octanol–water partition coefficient (Wildman–Crippen LogP) is 2.41. The summed E-state index contributed by atoms with van der Waals surface area (Å²) in [4.78, 5) is 17.3. The Hall–Kier alpha value is -3.41. The van der Waals surface area contributed by atoms with Gasteiger partial charge in [-0.05, 0) is 30.7 Å². The van der Waals surface area contributed by atoms with E-state index in [9.17, 15) is 22.0 Å². The number of nitrogens with zero attached hydrogens (tertiary/aromatic N) is 3. The van der Waals surface area contributed by atoms with Gasteiger partial charge in [-0.3, -0.25) is 0 Å². The quantitative estimate of drug-likeness (QED) is 0.585. The normalized spacial score (nSPS) is 11.4. The number of amides is 1. The van der Waals surface area contributed by atoms with Crippen molar-refractivity contribution in [3.63, 3.8) is 0 Å². The smallest absolute Gasteiger partial charge is 0.404 e. The lowest BCUT2D eigenvalue weighted by Crippen LogP contribution is -2.23. The molecule has 3 rings (SSSR count). The molecule has 0 fully saturated rings. The van der Waals surface area contributed by atoms with Crippen molar-refractivity contribution in [1.29, 1.82) is 0 Å². The van der Waals surface area contributed by atoms with Gasteiger partial charge in [0.1, 0.15) is 5.69 Å². The first-order chi connectivity index (χ1) is 13.7. The molecule has 1 amide bonds. The monoisotopic (exact) mass is 426 g/mol. The molecule has 0 aliphatic rings. The zero-order chi connectivity index (χ0) is 21.2. The highest BCUT2D eigenvalue weighted by molar-refractivity contribution is 7.90. The summed E-state index contributed by atoms with van der Waals surface area (Å²) >= 11 is 0. The number of hydrogen-bond donors (Lipinski definition) is 2. The molecule has 8 nitrogen and oxygen atoms in total. The maximum Gasteiger partial charge on any atom is 0.404 e. The summed E-state index contributed by atoms with van der Waals surface area (Å²) in [5.41, 5.74) is -1.30. The minimum absolute atomic E-state index is 0.197. The molecule has 2 N–H and O–H groups in total. The third kappa shape index (κ3) is 4.06. The van der Waals surface area contributed by atoms with Gasteiger partial charge < -0.3 is 10.4 Å². The second-order valence-electron chi connectivity index (χ2n) is 5.74. The van der Waals surface area contributed by atoms with Crippen LogP contribution >= 0.6 is 0 Å². The Morgan fingerprint density at radius 3 is 2.59 bits per heavy atom. The van der Waals surface area contributed by atoms with Gasteiger partial charge in [-0.1, -0.05) is 6.07 Å². The summed E-state index contributed by atoms with van der Waals surface area (Å²) in [6, 6.07) is 5.46. The van der Waals surface area contributed by atoms with Crippen LogP contribution in [0.1, 0.15) is 5.56 Å². The van der Waals surface area contributed by atoms with E-state index in [1.807, 2.05) is 5.32 Å². The number of pyridine rings is 2. The van der Waals surface area contributed by atoms with Crippen LogP contribution in [-0.2, 0) is 16.4 Å². The molecule has 0 atom stereocenters. The molecule has 0 spiro atoms. The van der Waals surface area contributed by atoms with Gasteiger partial charge in [0.25, 0.3) is 10.0 Å². The molecule has 12 heteroatoms. The number of carbonyl (C=O) groups is 1. The van der Waals surface area contributed by atoms with Crippen LogP contribution < -0.4 is 5.32 Å². The van der Waals surface area contributed by atoms with Crippen LogP contribution in [0.2, 0.25) is 0 Å². The molecule has 152 valence electrons. The number of carboxylic acid groups (broad SMARTS) is 1. The van der Waals surface area contributed by atoms with E-state index in [1.165, 1.54) is 6.07 Å². The van der Waals surface area contributed by atoms with E-state index >= 15 is 4.39 Å². The Balaban J connectivity index is 2.19. The Labute approximate surface area is 162 Å². The van der Waals surface area contributed by atoms with Crippen LogP contribution in [0.15, 0.2) is 47.8 Å². The molecule has 3 aromatic rings. The van der Waals surface area contributed by atoms with Gasteiger partial charge in [0.05, 0.1) is 5.56 Å². The van der Waals surface area contributed by atoms with E-state index in [2.05, 4.69) is 9.97 Å². The van der Waals surface area contributed by atoms with Crippen LogP contribution in [0.3, 0.4) is 0 Å². The van der Waals surface area contributed by atoms with Crippen LogP contribution in [0.4, 0.5) is 18.0 Å². The summed E-state index contributed by atoms with van der Waals surface area (Å²) in [6.45, 7) is -0.219. The van der Waals surface area contributed by atoms with Crippen molar-refractivity contribution in [2.24, 2.45) is 0 Å². The maximum absolute atomic E-state index is 15.1. The molecule has 29 heavy (non-hydrogen) atoms. The fourth-order valence-electron chi connectivity index (χ4n) is 2.61. The van der Waals surface area contributed by atoms with Gasteiger partial charge in [-0.25, -0.2) is 23.1 Å². The molecule has 0 aliphatic heterocycles. The summed E-state index contributed by atoms with van der Waals surface area (Å²) in [5.74, 6) is -3.27. The molecule has 3 heterocycles. The van der Waals surface area contributed by atoms with Crippen molar-refractivity contribution in [2.45, 2.75) is 11.4 Å². The van der Waals surface area contributed by atoms with Crippen molar-refractivity contribution in [3.8, 4) is 11.3 Å². The van der Waals surface area contributed by atoms with Gasteiger partial charge in [0.2, 0.25) is 11.9 Å². The zero-order valence-corrected chi connectivity index (χ0v) is 15.3. The number of rotatable bonds is 6. The average molecular weight is 426 g/mol. The molecule has 0 saturated carbocycles. The van der Waals surface area contributed by atoms with Gasteiger partial charge in [0.15, 0.2) is 10.8 Å². The fourth-order valence-corrected chi connectivity index (χ4v) is 3.95.